The third kappa shape index (κ3) is 3.99. The smallest absolute Gasteiger partial charge is 0.240 e. The van der Waals surface area contributed by atoms with E-state index in [1.54, 1.807) is 0 Å². The molecule has 0 fully saturated rings. The number of hydrogen-bond acceptors (Lipinski definition) is 5. The first-order valence-electron chi connectivity index (χ1n) is 9.53. The van der Waals surface area contributed by atoms with Crippen LogP contribution in [0.3, 0.4) is 0 Å². The molecule has 1 aromatic heterocycles. The van der Waals surface area contributed by atoms with E-state index in [-0.39, 0.29) is 5.54 Å². The van der Waals surface area contributed by atoms with Crippen molar-refractivity contribution in [2.24, 2.45) is 4.99 Å². The summed E-state index contributed by atoms with van der Waals surface area (Å²) in [6, 6.07) is 19.8. The van der Waals surface area contributed by atoms with Crippen LogP contribution in [0.25, 0.3) is 11.3 Å². The number of ether oxygens (including phenoxy) is 1. The highest BCUT2D eigenvalue weighted by Gasteiger charge is 2.32. The van der Waals surface area contributed by atoms with Gasteiger partial charge < -0.3 is 14.3 Å². The summed E-state index contributed by atoms with van der Waals surface area (Å²) in [5.74, 6) is 1.33. The zero-order valence-corrected chi connectivity index (χ0v) is 16.1. The molecule has 1 N–H and O–H groups in total. The molecule has 0 bridgehead atoms. The summed E-state index contributed by atoms with van der Waals surface area (Å²) in [5.41, 5.74) is 2.30. The van der Waals surface area contributed by atoms with Crippen LogP contribution in [0.15, 0.2) is 70.1 Å². The van der Waals surface area contributed by atoms with Gasteiger partial charge in [0.25, 0.3) is 0 Å². The number of aromatic nitrogens is 1. The zero-order chi connectivity index (χ0) is 19.6. The number of benzene rings is 2. The highest BCUT2D eigenvalue weighted by Crippen LogP contribution is 2.32. The third-order valence-electron chi connectivity index (χ3n) is 4.68. The molecule has 0 saturated carbocycles. The Morgan fingerprint density at radius 2 is 1.71 bits per heavy atom. The van der Waals surface area contributed by atoms with Crippen molar-refractivity contribution in [1.82, 2.24) is 4.98 Å². The summed E-state index contributed by atoms with van der Waals surface area (Å²) < 4.78 is 11.8. The fourth-order valence-electron chi connectivity index (χ4n) is 3.19. The Morgan fingerprint density at radius 1 is 1.04 bits per heavy atom. The summed E-state index contributed by atoms with van der Waals surface area (Å²) in [6.45, 7) is 4.52. The van der Waals surface area contributed by atoms with Crippen molar-refractivity contribution in [2.45, 2.75) is 38.3 Å². The average molecular weight is 376 g/mol. The van der Waals surface area contributed by atoms with Crippen molar-refractivity contribution >= 4 is 5.90 Å². The Bertz CT molecular complexity index is 962. The van der Waals surface area contributed by atoms with Gasteiger partial charge in [-0.2, -0.15) is 0 Å². The van der Waals surface area contributed by atoms with Crippen molar-refractivity contribution in [1.29, 1.82) is 0 Å². The zero-order valence-electron chi connectivity index (χ0n) is 16.1. The molecule has 1 atom stereocenters. The molecular weight excluding hydrogens is 352 g/mol. The van der Waals surface area contributed by atoms with Gasteiger partial charge in [-0.05, 0) is 32.3 Å². The van der Waals surface area contributed by atoms with E-state index in [0.717, 1.165) is 12.0 Å². The van der Waals surface area contributed by atoms with Crippen molar-refractivity contribution in [2.75, 3.05) is 6.61 Å². The number of hydrogen-bond donors (Lipinski definition) is 1. The lowest BCUT2D eigenvalue weighted by Gasteiger charge is -2.07. The number of aryl methyl sites for hydroxylation is 1. The van der Waals surface area contributed by atoms with Gasteiger partial charge in [-0.1, -0.05) is 60.7 Å². The van der Waals surface area contributed by atoms with E-state index in [4.69, 9.17) is 9.15 Å². The number of aliphatic imine (C=N–C) groups is 1. The van der Waals surface area contributed by atoms with E-state index < -0.39 is 6.10 Å². The molecule has 2 heterocycles. The van der Waals surface area contributed by atoms with Crippen LogP contribution < -0.4 is 0 Å². The molecule has 1 aliphatic rings. The monoisotopic (exact) mass is 376 g/mol. The summed E-state index contributed by atoms with van der Waals surface area (Å²) in [7, 11) is 0. The number of aliphatic hydroxyl groups excluding tert-OH is 1. The van der Waals surface area contributed by atoms with Crippen LogP contribution in [0.5, 0.6) is 0 Å². The Balaban J connectivity index is 1.63. The molecule has 0 saturated heterocycles. The molecule has 0 aliphatic carbocycles. The molecular formula is C23H24N2O3. The standard InChI is InChI=1S/C23H24N2O3/c1-23(2)15-27-22(25-23)19-20(17-11-7-4-8-12-17)28-21(24-19)18(26)14-13-16-9-5-3-6-10-16/h3-12,18,26H,13-15H2,1-2H3. The van der Waals surface area contributed by atoms with E-state index in [1.165, 1.54) is 5.56 Å². The van der Waals surface area contributed by atoms with Crippen LogP contribution in [-0.2, 0) is 11.2 Å². The molecule has 3 aromatic rings. The van der Waals surface area contributed by atoms with Crippen molar-refractivity contribution in [3.05, 3.63) is 77.8 Å². The maximum absolute atomic E-state index is 10.7. The predicted molar refractivity (Wildman–Crippen MR) is 108 cm³/mol. The summed E-state index contributed by atoms with van der Waals surface area (Å²) in [5, 5.41) is 10.7. The highest BCUT2D eigenvalue weighted by atomic mass is 16.5. The van der Waals surface area contributed by atoms with E-state index in [0.29, 0.717) is 36.3 Å². The Labute approximate surface area is 164 Å². The summed E-state index contributed by atoms with van der Waals surface area (Å²) in [4.78, 5) is 9.21. The minimum Gasteiger partial charge on any atom is -0.474 e. The van der Waals surface area contributed by atoms with E-state index in [1.807, 2.05) is 74.5 Å². The van der Waals surface area contributed by atoms with Gasteiger partial charge in [-0.25, -0.2) is 9.98 Å². The SMILES string of the molecule is CC1(C)COC(c2nc(C(O)CCc3ccccc3)oc2-c2ccccc2)=N1. The molecule has 1 unspecified atom stereocenters. The van der Waals surface area contributed by atoms with Gasteiger partial charge in [-0.3, -0.25) is 0 Å². The van der Waals surface area contributed by atoms with Gasteiger partial charge >= 0.3 is 0 Å². The highest BCUT2D eigenvalue weighted by molar-refractivity contribution is 5.98. The normalized spacial score (nSPS) is 16.5. The molecule has 1 aliphatic heterocycles. The van der Waals surface area contributed by atoms with Gasteiger partial charge in [0.15, 0.2) is 11.5 Å². The summed E-state index contributed by atoms with van der Waals surface area (Å²) in [6.07, 6.45) is 0.466. The van der Waals surface area contributed by atoms with Crippen LogP contribution in [0.2, 0.25) is 0 Å². The lowest BCUT2D eigenvalue weighted by Crippen LogP contribution is -2.17. The van der Waals surface area contributed by atoms with Crippen molar-refractivity contribution < 1.29 is 14.3 Å². The molecule has 5 nitrogen and oxygen atoms in total. The molecule has 0 spiro atoms. The Kier molecular flexibility index (Phi) is 5.01. The first-order valence-corrected chi connectivity index (χ1v) is 9.53. The van der Waals surface area contributed by atoms with Crippen LogP contribution >= 0.6 is 0 Å². The molecule has 28 heavy (non-hydrogen) atoms. The average Bonchev–Trinajstić information content (AvgIpc) is 3.31. The van der Waals surface area contributed by atoms with E-state index in [2.05, 4.69) is 9.98 Å². The third-order valence-corrected chi connectivity index (χ3v) is 4.68. The molecule has 0 radical (unpaired) electrons. The second-order valence-corrected chi connectivity index (χ2v) is 7.65. The van der Waals surface area contributed by atoms with Gasteiger partial charge in [0.05, 0.1) is 5.54 Å². The first kappa shape index (κ1) is 18.4. The van der Waals surface area contributed by atoms with Crippen LogP contribution in [-0.4, -0.2) is 28.1 Å². The lowest BCUT2D eigenvalue weighted by atomic mass is 10.1. The van der Waals surface area contributed by atoms with Crippen LogP contribution in [0.1, 0.15) is 43.5 Å². The second-order valence-electron chi connectivity index (χ2n) is 7.65. The largest absolute Gasteiger partial charge is 0.474 e. The van der Waals surface area contributed by atoms with Gasteiger partial charge in [0.1, 0.15) is 12.7 Å². The number of oxazole rings is 1. The van der Waals surface area contributed by atoms with Crippen molar-refractivity contribution in [3.63, 3.8) is 0 Å². The number of nitrogens with zero attached hydrogens (tertiary/aromatic N) is 2. The number of rotatable bonds is 6. The van der Waals surface area contributed by atoms with Gasteiger partial charge in [0.2, 0.25) is 11.8 Å². The fourth-order valence-corrected chi connectivity index (χ4v) is 3.19. The van der Waals surface area contributed by atoms with Crippen LogP contribution in [0.4, 0.5) is 0 Å². The molecule has 2 aromatic carbocycles. The van der Waals surface area contributed by atoms with E-state index >= 15 is 0 Å². The maximum Gasteiger partial charge on any atom is 0.240 e. The topological polar surface area (TPSA) is 67.8 Å². The number of aliphatic hydroxyl groups is 1. The van der Waals surface area contributed by atoms with Crippen LogP contribution in [0, 0.1) is 0 Å². The molecule has 0 amide bonds. The lowest BCUT2D eigenvalue weighted by molar-refractivity contribution is 0.135. The maximum atomic E-state index is 10.7. The minimum atomic E-state index is -0.800. The Morgan fingerprint density at radius 3 is 2.36 bits per heavy atom. The van der Waals surface area contributed by atoms with Gasteiger partial charge in [0, 0.05) is 5.56 Å². The van der Waals surface area contributed by atoms with E-state index in [9.17, 15) is 5.11 Å². The van der Waals surface area contributed by atoms with Gasteiger partial charge in [-0.15, -0.1) is 0 Å². The summed E-state index contributed by atoms with van der Waals surface area (Å²) >= 11 is 0. The molecule has 4 rings (SSSR count). The fraction of sp³-hybridized carbons (Fsp3) is 0.304. The quantitative estimate of drug-likeness (QED) is 0.685. The Hall–Kier alpha value is -2.92. The first-order chi connectivity index (χ1) is 13.5. The molecule has 144 valence electrons. The molecule has 5 heteroatoms. The van der Waals surface area contributed by atoms with Crippen molar-refractivity contribution in [3.8, 4) is 11.3 Å². The second kappa shape index (κ2) is 7.60. The predicted octanol–water partition coefficient (Wildman–Crippen LogP) is 4.56. The minimum absolute atomic E-state index is 0.292.